The Bertz CT molecular complexity index is 1140. The van der Waals surface area contributed by atoms with Crippen LogP contribution >= 0.6 is 0 Å². The van der Waals surface area contributed by atoms with Gasteiger partial charge in [-0.25, -0.2) is 4.98 Å². The summed E-state index contributed by atoms with van der Waals surface area (Å²) in [4.78, 5) is 34.8. The molecule has 0 N–H and O–H groups in total. The molecular formula is C26H32N4O3. The summed E-state index contributed by atoms with van der Waals surface area (Å²) in [5.41, 5.74) is 2.60. The van der Waals surface area contributed by atoms with Gasteiger partial charge in [-0.15, -0.1) is 0 Å². The van der Waals surface area contributed by atoms with E-state index in [0.29, 0.717) is 13.0 Å². The predicted octanol–water partition coefficient (Wildman–Crippen LogP) is 4.21. The summed E-state index contributed by atoms with van der Waals surface area (Å²) in [6.07, 6.45) is 0.363. The fraction of sp³-hybridized carbons (Fsp3) is 0.423. The van der Waals surface area contributed by atoms with Crippen molar-refractivity contribution < 1.29 is 14.3 Å². The molecule has 7 heteroatoms. The second-order valence-electron chi connectivity index (χ2n) is 9.14. The highest BCUT2D eigenvalue weighted by molar-refractivity contribution is 5.96. The first-order valence-electron chi connectivity index (χ1n) is 11.5. The van der Waals surface area contributed by atoms with Crippen LogP contribution in [0.4, 0.5) is 5.69 Å². The SMILES string of the molecule is COc1ccc(N2C[C@H](c3nc4ccccc4n3CC(=O)N(C(C)C)C(C)C)CC2=O)cc1. The topological polar surface area (TPSA) is 67.7 Å². The van der Waals surface area contributed by atoms with Gasteiger partial charge in [-0.2, -0.15) is 0 Å². The number of anilines is 1. The Morgan fingerprint density at radius 3 is 2.39 bits per heavy atom. The van der Waals surface area contributed by atoms with Crippen molar-refractivity contribution >= 4 is 28.5 Å². The van der Waals surface area contributed by atoms with Crippen LogP contribution in [0.15, 0.2) is 48.5 Å². The minimum Gasteiger partial charge on any atom is -0.497 e. The van der Waals surface area contributed by atoms with E-state index >= 15 is 0 Å². The van der Waals surface area contributed by atoms with Crippen LogP contribution in [0.3, 0.4) is 0 Å². The molecule has 0 aliphatic carbocycles. The average molecular weight is 449 g/mol. The molecule has 7 nitrogen and oxygen atoms in total. The van der Waals surface area contributed by atoms with E-state index < -0.39 is 0 Å². The first-order valence-corrected chi connectivity index (χ1v) is 11.5. The number of amides is 2. The Kier molecular flexibility index (Phi) is 6.40. The molecule has 2 heterocycles. The summed E-state index contributed by atoms with van der Waals surface area (Å²) < 4.78 is 7.24. The van der Waals surface area contributed by atoms with E-state index in [4.69, 9.17) is 9.72 Å². The number of aromatic nitrogens is 2. The van der Waals surface area contributed by atoms with Crippen molar-refractivity contribution in [2.24, 2.45) is 0 Å². The molecule has 1 aromatic heterocycles. The van der Waals surface area contributed by atoms with E-state index in [9.17, 15) is 9.59 Å². The number of rotatable bonds is 7. The second kappa shape index (κ2) is 9.25. The maximum Gasteiger partial charge on any atom is 0.243 e. The molecule has 4 rings (SSSR count). The minimum absolute atomic E-state index is 0.0562. The van der Waals surface area contributed by atoms with Crippen LogP contribution in [0, 0.1) is 0 Å². The lowest BCUT2D eigenvalue weighted by molar-refractivity contribution is -0.135. The Morgan fingerprint density at radius 1 is 1.09 bits per heavy atom. The number of hydrogen-bond donors (Lipinski definition) is 0. The van der Waals surface area contributed by atoms with Gasteiger partial charge in [0.15, 0.2) is 0 Å². The molecule has 1 atom stereocenters. The normalized spacial score (nSPS) is 16.3. The number of imidazole rings is 1. The number of hydrogen-bond acceptors (Lipinski definition) is 4. The van der Waals surface area contributed by atoms with Crippen LogP contribution < -0.4 is 9.64 Å². The van der Waals surface area contributed by atoms with Crippen molar-refractivity contribution in [1.82, 2.24) is 14.5 Å². The van der Waals surface area contributed by atoms with Crippen molar-refractivity contribution in [1.29, 1.82) is 0 Å². The molecule has 1 aliphatic rings. The largest absolute Gasteiger partial charge is 0.497 e. The lowest BCUT2D eigenvalue weighted by Gasteiger charge is -2.31. The molecule has 2 aromatic carbocycles. The first kappa shape index (κ1) is 22.8. The number of ether oxygens (including phenoxy) is 1. The number of methoxy groups -OCH3 is 1. The zero-order valence-electron chi connectivity index (χ0n) is 20.0. The van der Waals surface area contributed by atoms with E-state index in [1.54, 1.807) is 12.0 Å². The monoisotopic (exact) mass is 448 g/mol. The molecule has 2 amide bonds. The van der Waals surface area contributed by atoms with Gasteiger partial charge in [-0.05, 0) is 64.1 Å². The summed E-state index contributed by atoms with van der Waals surface area (Å²) in [5.74, 6) is 1.57. The van der Waals surface area contributed by atoms with Gasteiger partial charge in [-0.1, -0.05) is 12.1 Å². The van der Waals surface area contributed by atoms with Gasteiger partial charge in [0.05, 0.1) is 18.1 Å². The number of para-hydroxylation sites is 2. The van der Waals surface area contributed by atoms with Crippen LogP contribution in [0.1, 0.15) is 45.9 Å². The fourth-order valence-corrected chi connectivity index (χ4v) is 4.85. The molecule has 0 spiro atoms. The molecular weight excluding hydrogens is 416 g/mol. The molecule has 1 saturated heterocycles. The quantitative estimate of drug-likeness (QED) is 0.543. The van der Waals surface area contributed by atoms with Crippen LogP contribution in [-0.4, -0.2) is 52.0 Å². The molecule has 0 saturated carbocycles. The minimum atomic E-state index is -0.0913. The van der Waals surface area contributed by atoms with Gasteiger partial charge in [0, 0.05) is 36.7 Å². The summed E-state index contributed by atoms with van der Waals surface area (Å²) in [6, 6.07) is 15.6. The highest BCUT2D eigenvalue weighted by Gasteiger charge is 2.35. The van der Waals surface area contributed by atoms with Gasteiger partial charge >= 0.3 is 0 Å². The van der Waals surface area contributed by atoms with E-state index in [2.05, 4.69) is 0 Å². The van der Waals surface area contributed by atoms with E-state index in [0.717, 1.165) is 28.3 Å². The molecule has 33 heavy (non-hydrogen) atoms. The number of carbonyl (C=O) groups is 2. The maximum atomic E-state index is 13.3. The fourth-order valence-electron chi connectivity index (χ4n) is 4.85. The van der Waals surface area contributed by atoms with Crippen LogP contribution in [-0.2, 0) is 16.1 Å². The van der Waals surface area contributed by atoms with Crippen molar-refractivity contribution in [2.45, 2.75) is 58.7 Å². The standard InChI is InChI=1S/C26H32N4O3/c1-17(2)30(18(3)4)25(32)16-29-23-9-7-6-8-22(23)27-26(29)19-14-24(31)28(15-19)20-10-12-21(33-5)13-11-20/h6-13,17-19H,14-16H2,1-5H3/t19-/m1/s1. The predicted molar refractivity (Wildman–Crippen MR) is 130 cm³/mol. The van der Waals surface area contributed by atoms with Gasteiger partial charge in [0.1, 0.15) is 18.1 Å². The molecule has 1 aliphatic heterocycles. The summed E-state index contributed by atoms with van der Waals surface area (Å²) in [5, 5.41) is 0. The van der Waals surface area contributed by atoms with Crippen LogP contribution in [0.25, 0.3) is 11.0 Å². The highest BCUT2D eigenvalue weighted by atomic mass is 16.5. The molecule has 0 bridgehead atoms. The lowest BCUT2D eigenvalue weighted by atomic mass is 10.1. The Morgan fingerprint density at radius 2 is 1.76 bits per heavy atom. The molecule has 174 valence electrons. The van der Waals surface area contributed by atoms with Crippen molar-refractivity contribution in [2.75, 3.05) is 18.6 Å². The third kappa shape index (κ3) is 4.45. The van der Waals surface area contributed by atoms with Crippen LogP contribution in [0.2, 0.25) is 0 Å². The Labute approximate surface area is 195 Å². The second-order valence-corrected chi connectivity index (χ2v) is 9.14. The van der Waals surface area contributed by atoms with Crippen LogP contribution in [0.5, 0.6) is 5.75 Å². The van der Waals surface area contributed by atoms with Gasteiger partial charge in [-0.3, -0.25) is 9.59 Å². The first-order chi connectivity index (χ1) is 15.8. The summed E-state index contributed by atoms with van der Waals surface area (Å²) in [7, 11) is 1.62. The maximum absolute atomic E-state index is 13.3. The molecule has 1 fully saturated rings. The Hall–Kier alpha value is -3.35. The Balaban J connectivity index is 1.66. The molecule has 3 aromatic rings. The van der Waals surface area contributed by atoms with Gasteiger partial charge in [0.2, 0.25) is 11.8 Å². The van der Waals surface area contributed by atoms with Crippen molar-refractivity contribution in [3.63, 3.8) is 0 Å². The zero-order valence-corrected chi connectivity index (χ0v) is 20.0. The van der Waals surface area contributed by atoms with Crippen molar-refractivity contribution in [3.05, 3.63) is 54.4 Å². The van der Waals surface area contributed by atoms with Crippen molar-refractivity contribution in [3.8, 4) is 5.75 Å². The number of nitrogens with zero attached hydrogens (tertiary/aromatic N) is 4. The summed E-state index contributed by atoms with van der Waals surface area (Å²) in [6.45, 7) is 8.88. The number of benzene rings is 2. The van der Waals surface area contributed by atoms with E-state index in [1.807, 2.05) is 85.7 Å². The summed E-state index contributed by atoms with van der Waals surface area (Å²) >= 11 is 0. The average Bonchev–Trinajstić information content (AvgIpc) is 3.34. The lowest BCUT2D eigenvalue weighted by Crippen LogP contribution is -2.44. The van der Waals surface area contributed by atoms with Gasteiger partial charge in [0.25, 0.3) is 0 Å². The third-order valence-corrected chi connectivity index (χ3v) is 6.25. The highest BCUT2D eigenvalue weighted by Crippen LogP contribution is 2.34. The third-order valence-electron chi connectivity index (χ3n) is 6.25. The molecule has 0 unspecified atom stereocenters. The van der Waals surface area contributed by atoms with E-state index in [1.165, 1.54) is 0 Å². The van der Waals surface area contributed by atoms with Gasteiger partial charge < -0.3 is 19.1 Å². The number of carbonyl (C=O) groups excluding carboxylic acids is 2. The molecule has 0 radical (unpaired) electrons. The number of fused-ring (bicyclic) bond motifs is 1. The smallest absolute Gasteiger partial charge is 0.243 e. The zero-order chi connectivity index (χ0) is 23.7. The van der Waals surface area contributed by atoms with E-state index in [-0.39, 0.29) is 36.4 Å².